The van der Waals surface area contributed by atoms with Crippen molar-refractivity contribution in [3.63, 3.8) is 0 Å². The van der Waals surface area contributed by atoms with E-state index >= 15 is 0 Å². The SMILES string of the molecule is Oc1cccc2oc3c(-c4ccccc4)cccc3c12. The molecule has 0 atom stereocenters. The number of rotatable bonds is 1. The van der Waals surface area contributed by atoms with Crippen LogP contribution in [0.1, 0.15) is 0 Å². The molecule has 4 rings (SSSR count). The molecule has 1 heterocycles. The van der Waals surface area contributed by atoms with Crippen LogP contribution < -0.4 is 0 Å². The van der Waals surface area contributed by atoms with E-state index < -0.39 is 0 Å². The van der Waals surface area contributed by atoms with Crippen LogP contribution >= 0.6 is 0 Å². The van der Waals surface area contributed by atoms with E-state index in [1.54, 1.807) is 12.1 Å². The summed E-state index contributed by atoms with van der Waals surface area (Å²) in [5.41, 5.74) is 3.67. The number of para-hydroxylation sites is 1. The van der Waals surface area contributed by atoms with Gasteiger partial charge in [0.05, 0.1) is 5.39 Å². The van der Waals surface area contributed by atoms with Crippen molar-refractivity contribution in [2.45, 2.75) is 0 Å². The molecule has 0 spiro atoms. The maximum absolute atomic E-state index is 10.1. The fourth-order valence-corrected chi connectivity index (χ4v) is 2.67. The molecule has 0 amide bonds. The highest BCUT2D eigenvalue weighted by Crippen LogP contribution is 2.39. The number of fused-ring (bicyclic) bond motifs is 3. The van der Waals surface area contributed by atoms with Crippen molar-refractivity contribution in [3.05, 3.63) is 66.7 Å². The van der Waals surface area contributed by atoms with Gasteiger partial charge in [0.25, 0.3) is 0 Å². The first-order chi connectivity index (χ1) is 9.84. The summed E-state index contributed by atoms with van der Waals surface area (Å²) < 4.78 is 5.96. The van der Waals surface area contributed by atoms with E-state index in [0.29, 0.717) is 5.58 Å². The zero-order valence-corrected chi connectivity index (χ0v) is 10.7. The minimum absolute atomic E-state index is 0.256. The zero-order valence-electron chi connectivity index (χ0n) is 10.7. The van der Waals surface area contributed by atoms with Gasteiger partial charge in [0.15, 0.2) is 0 Å². The molecule has 2 nitrogen and oxygen atoms in total. The van der Waals surface area contributed by atoms with Gasteiger partial charge in [-0.15, -0.1) is 0 Å². The maximum Gasteiger partial charge on any atom is 0.143 e. The van der Waals surface area contributed by atoms with Gasteiger partial charge in [0, 0.05) is 10.9 Å². The Bertz CT molecular complexity index is 905. The van der Waals surface area contributed by atoms with Gasteiger partial charge in [-0.3, -0.25) is 0 Å². The molecule has 0 aliphatic heterocycles. The molecule has 0 saturated carbocycles. The fourth-order valence-electron chi connectivity index (χ4n) is 2.67. The summed E-state index contributed by atoms with van der Waals surface area (Å²) >= 11 is 0. The minimum Gasteiger partial charge on any atom is -0.507 e. The van der Waals surface area contributed by atoms with Crippen LogP contribution in [0.3, 0.4) is 0 Å². The first kappa shape index (κ1) is 11.1. The predicted molar refractivity (Wildman–Crippen MR) is 80.8 cm³/mol. The molecular weight excluding hydrogens is 248 g/mol. The highest BCUT2D eigenvalue weighted by Gasteiger charge is 2.13. The average molecular weight is 260 g/mol. The summed E-state index contributed by atoms with van der Waals surface area (Å²) in [6.07, 6.45) is 0. The Hall–Kier alpha value is -2.74. The average Bonchev–Trinajstić information content (AvgIpc) is 2.88. The van der Waals surface area contributed by atoms with Gasteiger partial charge in [0.2, 0.25) is 0 Å². The van der Waals surface area contributed by atoms with Crippen LogP contribution in [0.5, 0.6) is 5.75 Å². The molecule has 96 valence electrons. The van der Waals surface area contributed by atoms with Crippen molar-refractivity contribution in [2.24, 2.45) is 0 Å². The summed E-state index contributed by atoms with van der Waals surface area (Å²) in [7, 11) is 0. The standard InChI is InChI=1S/C18H12O2/c19-15-10-5-11-16-17(15)14-9-4-8-13(18(14)20-16)12-6-2-1-3-7-12/h1-11,19H. The molecule has 0 radical (unpaired) electrons. The smallest absolute Gasteiger partial charge is 0.143 e. The Labute approximate surface area is 115 Å². The number of phenolic OH excluding ortho intramolecular Hbond substituents is 1. The first-order valence-electron chi connectivity index (χ1n) is 6.53. The number of hydrogen-bond acceptors (Lipinski definition) is 2. The van der Waals surface area contributed by atoms with Crippen LogP contribution in [0.4, 0.5) is 0 Å². The van der Waals surface area contributed by atoms with E-state index in [1.165, 1.54) is 0 Å². The molecule has 3 aromatic carbocycles. The van der Waals surface area contributed by atoms with Gasteiger partial charge in [-0.1, -0.05) is 54.6 Å². The van der Waals surface area contributed by atoms with Gasteiger partial charge < -0.3 is 9.52 Å². The normalized spacial score (nSPS) is 11.2. The summed E-state index contributed by atoms with van der Waals surface area (Å²) in [5.74, 6) is 0.256. The zero-order chi connectivity index (χ0) is 13.5. The van der Waals surface area contributed by atoms with Crippen molar-refractivity contribution in [3.8, 4) is 16.9 Å². The van der Waals surface area contributed by atoms with E-state index in [-0.39, 0.29) is 5.75 Å². The monoisotopic (exact) mass is 260 g/mol. The van der Waals surface area contributed by atoms with E-state index in [9.17, 15) is 5.11 Å². The van der Waals surface area contributed by atoms with Crippen LogP contribution in [-0.4, -0.2) is 5.11 Å². The van der Waals surface area contributed by atoms with Crippen LogP contribution in [0.25, 0.3) is 33.1 Å². The lowest BCUT2D eigenvalue weighted by molar-refractivity contribution is 0.481. The van der Waals surface area contributed by atoms with Gasteiger partial charge in [0.1, 0.15) is 16.9 Å². The fraction of sp³-hybridized carbons (Fsp3) is 0. The van der Waals surface area contributed by atoms with Gasteiger partial charge in [-0.2, -0.15) is 0 Å². The lowest BCUT2D eigenvalue weighted by atomic mass is 10.0. The molecule has 0 bridgehead atoms. The third kappa shape index (κ3) is 1.51. The molecule has 4 aromatic rings. The number of hydrogen-bond donors (Lipinski definition) is 1. The van der Waals surface area contributed by atoms with Crippen LogP contribution in [0.2, 0.25) is 0 Å². The second kappa shape index (κ2) is 4.14. The Balaban J connectivity index is 2.14. The van der Waals surface area contributed by atoms with E-state index in [0.717, 1.165) is 27.5 Å². The first-order valence-corrected chi connectivity index (χ1v) is 6.53. The number of aromatic hydroxyl groups is 1. The molecule has 0 unspecified atom stereocenters. The predicted octanol–water partition coefficient (Wildman–Crippen LogP) is 4.96. The molecule has 1 aromatic heterocycles. The molecule has 2 heteroatoms. The van der Waals surface area contributed by atoms with Crippen molar-refractivity contribution in [1.82, 2.24) is 0 Å². The van der Waals surface area contributed by atoms with Crippen LogP contribution in [-0.2, 0) is 0 Å². The van der Waals surface area contributed by atoms with E-state index in [1.807, 2.05) is 42.5 Å². The third-order valence-corrected chi connectivity index (χ3v) is 3.59. The summed E-state index contributed by atoms with van der Waals surface area (Å²) in [6, 6.07) is 21.5. The van der Waals surface area contributed by atoms with Crippen LogP contribution in [0, 0.1) is 0 Å². The maximum atomic E-state index is 10.1. The molecule has 0 aliphatic carbocycles. The topological polar surface area (TPSA) is 33.4 Å². The Morgan fingerprint density at radius 2 is 1.55 bits per heavy atom. The second-order valence-corrected chi connectivity index (χ2v) is 4.80. The van der Waals surface area contributed by atoms with Gasteiger partial charge in [-0.05, 0) is 17.7 Å². The highest BCUT2D eigenvalue weighted by molar-refractivity contribution is 6.11. The second-order valence-electron chi connectivity index (χ2n) is 4.80. The van der Waals surface area contributed by atoms with E-state index in [4.69, 9.17) is 4.42 Å². The Morgan fingerprint density at radius 3 is 2.40 bits per heavy atom. The van der Waals surface area contributed by atoms with Crippen molar-refractivity contribution < 1.29 is 9.52 Å². The molecule has 1 N–H and O–H groups in total. The largest absolute Gasteiger partial charge is 0.507 e. The highest BCUT2D eigenvalue weighted by atomic mass is 16.3. The number of phenols is 1. The van der Waals surface area contributed by atoms with Gasteiger partial charge in [-0.25, -0.2) is 0 Å². The van der Waals surface area contributed by atoms with Crippen molar-refractivity contribution in [2.75, 3.05) is 0 Å². The van der Waals surface area contributed by atoms with Gasteiger partial charge >= 0.3 is 0 Å². The quantitative estimate of drug-likeness (QED) is 0.525. The summed E-state index contributed by atoms with van der Waals surface area (Å²) in [6.45, 7) is 0. The molecule has 20 heavy (non-hydrogen) atoms. The summed E-state index contributed by atoms with van der Waals surface area (Å²) in [4.78, 5) is 0. The lowest BCUT2D eigenvalue weighted by Crippen LogP contribution is -1.77. The summed E-state index contributed by atoms with van der Waals surface area (Å²) in [5, 5.41) is 11.8. The Kier molecular flexibility index (Phi) is 2.30. The number of benzene rings is 3. The molecule has 0 aliphatic rings. The minimum atomic E-state index is 0.256. The molecular formula is C18H12O2. The third-order valence-electron chi connectivity index (χ3n) is 3.59. The molecule has 0 fully saturated rings. The van der Waals surface area contributed by atoms with E-state index in [2.05, 4.69) is 12.1 Å². The Morgan fingerprint density at radius 1 is 0.750 bits per heavy atom. The van der Waals surface area contributed by atoms with Crippen molar-refractivity contribution in [1.29, 1.82) is 0 Å². The molecule has 0 saturated heterocycles. The lowest BCUT2D eigenvalue weighted by Gasteiger charge is -2.01. The number of furan rings is 1. The van der Waals surface area contributed by atoms with Crippen LogP contribution in [0.15, 0.2) is 71.1 Å². The van der Waals surface area contributed by atoms with Crippen molar-refractivity contribution >= 4 is 21.9 Å².